The molecule has 11 heteroatoms. The van der Waals surface area contributed by atoms with Gasteiger partial charge in [-0.05, 0) is 26.2 Å². The molecule has 0 saturated carbocycles. The van der Waals surface area contributed by atoms with Gasteiger partial charge in [0, 0.05) is 91.5 Å². The first kappa shape index (κ1) is 34.3. The molecule has 0 aliphatic carbocycles. The summed E-state index contributed by atoms with van der Waals surface area (Å²) in [5.74, 6) is -0.0547. The van der Waals surface area contributed by atoms with Gasteiger partial charge in [-0.25, -0.2) is 4.79 Å². The predicted molar refractivity (Wildman–Crippen MR) is 117 cm³/mol. The van der Waals surface area contributed by atoms with Crippen molar-refractivity contribution in [2.45, 2.75) is 40.8 Å². The normalized spacial score (nSPS) is 28.5. The first-order valence-electron chi connectivity index (χ1n) is 9.98. The molecule has 0 atom stereocenters. The van der Waals surface area contributed by atoms with Crippen LogP contribution in [-0.4, -0.2) is 122 Å². The van der Waals surface area contributed by atoms with Crippen molar-refractivity contribution in [2.24, 2.45) is 0 Å². The third kappa shape index (κ3) is 9.34. The Morgan fingerprint density at radius 3 is 1.55 bits per heavy atom. The predicted octanol–water partition coefficient (Wildman–Crippen LogP) is 1.09. The van der Waals surface area contributed by atoms with Gasteiger partial charge in [0.1, 0.15) is 19.1 Å². The standard InChI is InChI=1S/C9H16N3O2.C9H16N3O.2CH4.2Y/c1-8(13)12(14)6-9(7-12)11-4-2-10-3-5-11;1-8(13)12-6-9(7-12)11-4-2-10-3-5-11;;;;/h9H,2-7H2,1H3;9H,2-7H2,1H3;2*1H4;;/q2*-1;;;;. The fraction of sp³-hybridized carbons (Fsp3) is 0.900. The van der Waals surface area contributed by atoms with E-state index >= 15 is 0 Å². The number of carbonyl (C=O) groups excluding carboxylic acids is 2. The molecule has 0 N–H and O–H groups in total. The molecular formula is C20H40N6O3Y2-2. The summed E-state index contributed by atoms with van der Waals surface area (Å²) in [4.78, 5) is 28.6. The monoisotopic (exact) mass is 590 g/mol. The van der Waals surface area contributed by atoms with Crippen LogP contribution in [-0.2, 0) is 75.0 Å². The van der Waals surface area contributed by atoms with Gasteiger partial charge in [0.05, 0.1) is 6.92 Å². The largest absolute Gasteiger partial charge is 0.660 e. The molecule has 4 heterocycles. The van der Waals surface area contributed by atoms with Crippen molar-refractivity contribution < 1.29 is 79.7 Å². The number of nitrogens with zero attached hydrogens (tertiary/aromatic N) is 6. The number of amides is 2. The minimum atomic E-state index is -0.627. The van der Waals surface area contributed by atoms with Crippen molar-refractivity contribution in [1.82, 2.24) is 14.7 Å². The van der Waals surface area contributed by atoms with Gasteiger partial charge in [0.25, 0.3) is 0 Å². The van der Waals surface area contributed by atoms with E-state index in [1.807, 2.05) is 4.90 Å². The van der Waals surface area contributed by atoms with Crippen LogP contribution in [0.5, 0.6) is 0 Å². The van der Waals surface area contributed by atoms with E-state index < -0.39 is 4.65 Å². The van der Waals surface area contributed by atoms with Crippen molar-refractivity contribution in [2.75, 3.05) is 78.5 Å². The van der Waals surface area contributed by atoms with Gasteiger partial charge in [0.2, 0.25) is 5.91 Å². The minimum Gasteiger partial charge on any atom is -0.660 e. The van der Waals surface area contributed by atoms with Crippen LogP contribution in [0, 0.1) is 5.21 Å². The molecule has 4 fully saturated rings. The summed E-state index contributed by atoms with van der Waals surface area (Å²) < 4.78 is -0.627. The van der Waals surface area contributed by atoms with Gasteiger partial charge in [-0.2, -0.15) is 0 Å². The van der Waals surface area contributed by atoms with Gasteiger partial charge in [-0.1, -0.05) is 14.9 Å². The number of likely N-dealkylation sites (tertiary alicyclic amines) is 2. The van der Waals surface area contributed by atoms with E-state index in [0.717, 1.165) is 65.4 Å². The number of quaternary nitrogens is 1. The number of hydrogen-bond donors (Lipinski definition) is 0. The summed E-state index contributed by atoms with van der Waals surface area (Å²) in [6.07, 6.45) is 0. The average Bonchev–Trinajstić information content (AvgIpc) is 2.59. The van der Waals surface area contributed by atoms with Gasteiger partial charge in [-0.3, -0.25) is 14.3 Å². The fourth-order valence-electron chi connectivity index (χ4n) is 4.03. The van der Waals surface area contributed by atoms with E-state index in [-0.39, 0.29) is 92.1 Å². The smallest absolute Gasteiger partial charge is 0.310 e. The van der Waals surface area contributed by atoms with Crippen LogP contribution >= 0.6 is 0 Å². The summed E-state index contributed by atoms with van der Waals surface area (Å²) in [7, 11) is 0. The molecule has 0 aromatic rings. The van der Waals surface area contributed by atoms with Gasteiger partial charge in [0.15, 0.2) is 0 Å². The van der Waals surface area contributed by atoms with Crippen LogP contribution < -0.4 is 0 Å². The average molecular weight is 590 g/mol. The Morgan fingerprint density at radius 2 is 1.19 bits per heavy atom. The van der Waals surface area contributed by atoms with Crippen molar-refractivity contribution in [3.05, 3.63) is 15.8 Å². The van der Waals surface area contributed by atoms with E-state index in [4.69, 9.17) is 0 Å². The summed E-state index contributed by atoms with van der Waals surface area (Å²) in [6.45, 7) is 13.5. The van der Waals surface area contributed by atoms with Gasteiger partial charge >= 0.3 is 5.91 Å². The Labute approximate surface area is 239 Å². The molecular weight excluding hydrogens is 550 g/mol. The Hall–Kier alpha value is 1.11. The maximum Gasteiger partial charge on any atom is 0.310 e. The molecule has 4 rings (SSSR count). The summed E-state index contributed by atoms with van der Waals surface area (Å²) in [5, 5.41) is 20.2. The first-order chi connectivity index (χ1) is 12.9. The molecule has 0 spiro atoms. The first-order valence-corrected chi connectivity index (χ1v) is 9.98. The molecule has 0 bridgehead atoms. The topological polar surface area (TPSA) is 95.1 Å². The number of hydroxylamine groups is 3. The zero-order chi connectivity index (χ0) is 19.4. The second-order valence-corrected chi connectivity index (χ2v) is 7.92. The summed E-state index contributed by atoms with van der Waals surface area (Å²) in [5.41, 5.74) is 0. The van der Waals surface area contributed by atoms with Crippen molar-refractivity contribution in [1.29, 1.82) is 0 Å². The zero-order valence-electron chi connectivity index (χ0n) is 17.7. The minimum absolute atomic E-state index is 0. The van der Waals surface area contributed by atoms with Crippen molar-refractivity contribution >= 4 is 11.8 Å². The second-order valence-electron chi connectivity index (χ2n) is 7.92. The van der Waals surface area contributed by atoms with Crippen LogP contribution in [0.15, 0.2) is 0 Å². The summed E-state index contributed by atoms with van der Waals surface area (Å²) in [6, 6.07) is 0.922. The van der Waals surface area contributed by atoms with Crippen molar-refractivity contribution in [3.8, 4) is 0 Å². The van der Waals surface area contributed by atoms with Crippen LogP contribution in [0.3, 0.4) is 0 Å². The third-order valence-corrected chi connectivity index (χ3v) is 6.11. The molecule has 0 unspecified atom stereocenters. The Bertz CT molecular complexity index is 533. The molecule has 176 valence electrons. The molecule has 4 aliphatic heterocycles. The molecule has 31 heavy (non-hydrogen) atoms. The number of carbonyl (C=O) groups is 2. The quantitative estimate of drug-likeness (QED) is 0.355. The van der Waals surface area contributed by atoms with E-state index in [1.54, 1.807) is 6.92 Å². The molecule has 4 aliphatic rings. The van der Waals surface area contributed by atoms with Crippen LogP contribution in [0.4, 0.5) is 0 Å². The number of piperazine rings is 2. The second kappa shape index (κ2) is 15.9. The van der Waals surface area contributed by atoms with Gasteiger partial charge in [-0.15, -0.1) is 26.2 Å². The molecule has 2 radical (unpaired) electrons. The van der Waals surface area contributed by atoms with Crippen LogP contribution in [0.2, 0.25) is 0 Å². The maximum atomic E-state index is 11.6. The maximum absolute atomic E-state index is 11.6. The molecule has 9 nitrogen and oxygen atoms in total. The zero-order valence-corrected chi connectivity index (χ0v) is 23.4. The molecule has 2 amide bonds. The molecule has 4 saturated heterocycles. The number of hydrogen-bond acceptors (Lipinski definition) is 5. The Morgan fingerprint density at radius 1 is 0.806 bits per heavy atom. The number of rotatable bonds is 2. The van der Waals surface area contributed by atoms with E-state index in [0.29, 0.717) is 25.2 Å². The molecule has 0 aromatic carbocycles. The van der Waals surface area contributed by atoms with E-state index in [1.165, 1.54) is 6.92 Å². The Balaban J connectivity index is 0. The van der Waals surface area contributed by atoms with Crippen LogP contribution in [0.1, 0.15) is 28.7 Å². The van der Waals surface area contributed by atoms with Gasteiger partial charge < -0.3 is 25.6 Å². The Kier molecular flexibility index (Phi) is 17.6. The summed E-state index contributed by atoms with van der Waals surface area (Å²) >= 11 is 0. The fourth-order valence-corrected chi connectivity index (χ4v) is 4.03. The van der Waals surface area contributed by atoms with E-state index in [2.05, 4.69) is 20.4 Å². The van der Waals surface area contributed by atoms with E-state index in [9.17, 15) is 14.8 Å². The third-order valence-electron chi connectivity index (χ3n) is 6.11. The SMILES string of the molecule is C.C.CC(=O)N1CC(N2CC[N-]CC2)C1.CC(=O)[N+]1([O-])CC(N2CC[N-]CC2)C1.[Y].[Y]. The van der Waals surface area contributed by atoms with Crippen LogP contribution in [0.25, 0.3) is 10.6 Å². The van der Waals surface area contributed by atoms with Crippen molar-refractivity contribution in [3.63, 3.8) is 0 Å². The molecule has 0 aromatic heterocycles.